The Morgan fingerprint density at radius 2 is 1.38 bits per heavy atom. The Bertz CT molecular complexity index is 1180. The normalized spacial score (nSPS) is 21.8. The topological polar surface area (TPSA) is 95.6 Å². The lowest BCUT2D eigenvalue weighted by molar-refractivity contribution is -0.127. The lowest BCUT2D eigenvalue weighted by atomic mass is 9.87. The van der Waals surface area contributed by atoms with Crippen LogP contribution in [0.2, 0.25) is 0 Å². The van der Waals surface area contributed by atoms with Gasteiger partial charge >= 0.3 is 0 Å². The van der Waals surface area contributed by atoms with Crippen molar-refractivity contribution in [3.05, 3.63) is 65.7 Å². The van der Waals surface area contributed by atoms with E-state index in [0.29, 0.717) is 36.4 Å². The van der Waals surface area contributed by atoms with Crippen molar-refractivity contribution < 1.29 is 18.0 Å². The number of nitrogens with one attached hydrogen (secondary N) is 2. The molecule has 2 amide bonds. The number of amides is 2. The number of sulfonamides is 1. The van der Waals surface area contributed by atoms with Crippen LogP contribution in [-0.4, -0.2) is 49.7 Å². The number of benzene rings is 2. The average molecular weight is 526 g/mol. The fourth-order valence-corrected chi connectivity index (χ4v) is 6.72. The first-order valence-corrected chi connectivity index (χ1v) is 14.8. The van der Waals surface area contributed by atoms with Crippen LogP contribution in [0.4, 0.5) is 0 Å². The van der Waals surface area contributed by atoms with Crippen molar-refractivity contribution >= 4 is 21.8 Å². The van der Waals surface area contributed by atoms with Gasteiger partial charge in [-0.1, -0.05) is 63.9 Å². The highest BCUT2D eigenvalue weighted by Gasteiger charge is 2.35. The maximum atomic E-state index is 13.2. The standard InChI is InChI=1S/C29H39N3O4S/c1-29(2,3)23-13-15-24(16-14-23)37(35,36)32-19-17-22(18-20-32)28(34)31-26-12-8-7-11-25(26)30-27(33)21-9-5-4-6-10-21/h4-6,9-10,13-16,22,25-26H,7-8,11-12,17-20H2,1-3H3,(H,30,33)(H,31,34)/t25-,26?/m1/s1. The number of nitrogens with zero attached hydrogens (tertiary/aromatic N) is 1. The molecule has 0 bridgehead atoms. The molecule has 8 heteroatoms. The first-order chi connectivity index (χ1) is 17.6. The molecule has 1 heterocycles. The Hall–Kier alpha value is -2.71. The quantitative estimate of drug-likeness (QED) is 0.590. The van der Waals surface area contributed by atoms with Crippen LogP contribution < -0.4 is 10.6 Å². The molecule has 1 saturated carbocycles. The molecule has 1 unspecified atom stereocenters. The van der Waals surface area contributed by atoms with Gasteiger partial charge in [-0.15, -0.1) is 0 Å². The molecule has 2 aliphatic rings. The zero-order valence-corrected chi connectivity index (χ0v) is 22.9. The summed E-state index contributed by atoms with van der Waals surface area (Å²) >= 11 is 0. The Labute approximate surface area is 221 Å². The number of carbonyl (C=O) groups is 2. The van der Waals surface area contributed by atoms with Crippen LogP contribution in [0.25, 0.3) is 0 Å². The molecular formula is C29H39N3O4S. The van der Waals surface area contributed by atoms with Gasteiger partial charge in [0.25, 0.3) is 5.91 Å². The molecular weight excluding hydrogens is 486 g/mol. The maximum Gasteiger partial charge on any atom is 0.251 e. The zero-order valence-electron chi connectivity index (χ0n) is 22.1. The molecule has 7 nitrogen and oxygen atoms in total. The largest absolute Gasteiger partial charge is 0.351 e. The second kappa shape index (κ2) is 11.4. The third-order valence-corrected chi connectivity index (χ3v) is 9.54. The molecule has 2 N–H and O–H groups in total. The van der Waals surface area contributed by atoms with Gasteiger partial charge in [0, 0.05) is 36.7 Å². The van der Waals surface area contributed by atoms with Gasteiger partial charge in [-0.2, -0.15) is 4.31 Å². The predicted octanol–water partition coefficient (Wildman–Crippen LogP) is 4.24. The summed E-state index contributed by atoms with van der Waals surface area (Å²) in [6, 6.07) is 16.0. The summed E-state index contributed by atoms with van der Waals surface area (Å²) in [6.07, 6.45) is 4.64. The molecule has 2 fully saturated rings. The summed E-state index contributed by atoms with van der Waals surface area (Å²) in [7, 11) is -3.60. The summed E-state index contributed by atoms with van der Waals surface area (Å²) < 4.78 is 27.9. The minimum atomic E-state index is -3.60. The molecule has 1 aliphatic heterocycles. The SMILES string of the molecule is CC(C)(C)c1ccc(S(=O)(=O)N2CCC(C(=O)NC3CCCC[C@H]3NC(=O)c3ccccc3)CC2)cc1. The third kappa shape index (κ3) is 6.60. The van der Waals surface area contributed by atoms with Crippen molar-refractivity contribution in [3.8, 4) is 0 Å². The minimum absolute atomic E-state index is 0.0440. The van der Waals surface area contributed by atoms with Crippen LogP contribution in [0.1, 0.15) is 75.2 Å². The van der Waals surface area contributed by atoms with E-state index in [-0.39, 0.29) is 35.2 Å². The molecule has 200 valence electrons. The van der Waals surface area contributed by atoms with Crippen LogP contribution in [0, 0.1) is 5.92 Å². The zero-order chi connectivity index (χ0) is 26.6. The molecule has 0 spiro atoms. The highest BCUT2D eigenvalue weighted by Crippen LogP contribution is 2.28. The van der Waals surface area contributed by atoms with E-state index in [9.17, 15) is 18.0 Å². The van der Waals surface area contributed by atoms with Gasteiger partial charge < -0.3 is 10.6 Å². The Kier molecular flexibility index (Phi) is 8.39. The van der Waals surface area contributed by atoms with E-state index < -0.39 is 10.0 Å². The van der Waals surface area contributed by atoms with Crippen molar-refractivity contribution in [2.75, 3.05) is 13.1 Å². The van der Waals surface area contributed by atoms with Crippen LogP contribution in [0.3, 0.4) is 0 Å². The summed E-state index contributed by atoms with van der Waals surface area (Å²) in [5.74, 6) is -0.402. The molecule has 37 heavy (non-hydrogen) atoms. The summed E-state index contributed by atoms with van der Waals surface area (Å²) in [4.78, 5) is 26.1. The average Bonchev–Trinajstić information content (AvgIpc) is 2.90. The first-order valence-electron chi connectivity index (χ1n) is 13.3. The van der Waals surface area contributed by atoms with Crippen LogP contribution in [0.15, 0.2) is 59.5 Å². The van der Waals surface area contributed by atoms with E-state index in [4.69, 9.17) is 0 Å². The summed E-state index contributed by atoms with van der Waals surface area (Å²) in [5.41, 5.74) is 1.65. The number of carbonyl (C=O) groups excluding carboxylic acids is 2. The Morgan fingerprint density at radius 1 is 0.811 bits per heavy atom. The van der Waals surface area contributed by atoms with Gasteiger partial charge in [0.05, 0.1) is 4.90 Å². The summed E-state index contributed by atoms with van der Waals surface area (Å²) in [5, 5.41) is 6.29. The van der Waals surface area contributed by atoms with Gasteiger partial charge in [0.1, 0.15) is 0 Å². The van der Waals surface area contributed by atoms with Gasteiger partial charge in [0.15, 0.2) is 0 Å². The molecule has 0 aromatic heterocycles. The molecule has 4 rings (SSSR count). The van der Waals surface area contributed by atoms with E-state index in [1.54, 1.807) is 24.3 Å². The van der Waals surface area contributed by atoms with Crippen molar-refractivity contribution in [1.82, 2.24) is 14.9 Å². The fourth-order valence-electron chi connectivity index (χ4n) is 5.25. The molecule has 1 saturated heterocycles. The lowest BCUT2D eigenvalue weighted by Gasteiger charge is -2.35. The predicted molar refractivity (Wildman–Crippen MR) is 145 cm³/mol. The van der Waals surface area contributed by atoms with Gasteiger partial charge in [0.2, 0.25) is 15.9 Å². The molecule has 1 aliphatic carbocycles. The van der Waals surface area contributed by atoms with Crippen molar-refractivity contribution in [2.45, 2.75) is 81.7 Å². The first kappa shape index (κ1) is 27.3. The molecule has 2 atom stereocenters. The minimum Gasteiger partial charge on any atom is -0.351 e. The number of piperidine rings is 1. The molecule has 2 aromatic rings. The second-order valence-electron chi connectivity index (χ2n) is 11.3. The van der Waals surface area contributed by atoms with E-state index >= 15 is 0 Å². The third-order valence-electron chi connectivity index (χ3n) is 7.63. The van der Waals surface area contributed by atoms with Crippen LogP contribution in [0.5, 0.6) is 0 Å². The Balaban J connectivity index is 1.33. The monoisotopic (exact) mass is 525 g/mol. The second-order valence-corrected chi connectivity index (χ2v) is 13.2. The smallest absolute Gasteiger partial charge is 0.251 e. The highest BCUT2D eigenvalue weighted by atomic mass is 32.2. The maximum absolute atomic E-state index is 13.2. The van der Waals surface area contributed by atoms with Crippen LogP contribution in [-0.2, 0) is 20.2 Å². The van der Waals surface area contributed by atoms with Gasteiger partial charge in [-0.3, -0.25) is 9.59 Å². The van der Waals surface area contributed by atoms with Crippen molar-refractivity contribution in [3.63, 3.8) is 0 Å². The van der Waals surface area contributed by atoms with E-state index in [1.165, 1.54) is 4.31 Å². The Morgan fingerprint density at radius 3 is 1.95 bits per heavy atom. The highest BCUT2D eigenvalue weighted by molar-refractivity contribution is 7.89. The van der Waals surface area contributed by atoms with Crippen molar-refractivity contribution in [2.24, 2.45) is 5.92 Å². The van der Waals surface area contributed by atoms with E-state index in [0.717, 1.165) is 31.2 Å². The number of hydrogen-bond acceptors (Lipinski definition) is 4. The fraction of sp³-hybridized carbons (Fsp3) is 0.517. The molecule has 0 radical (unpaired) electrons. The number of hydrogen-bond donors (Lipinski definition) is 2. The van der Waals surface area contributed by atoms with E-state index in [1.807, 2.05) is 30.3 Å². The summed E-state index contributed by atoms with van der Waals surface area (Å²) in [6.45, 7) is 6.93. The van der Waals surface area contributed by atoms with Crippen LogP contribution >= 0.6 is 0 Å². The van der Waals surface area contributed by atoms with Gasteiger partial charge in [-0.05, 0) is 60.9 Å². The number of rotatable bonds is 6. The van der Waals surface area contributed by atoms with Crippen molar-refractivity contribution in [1.29, 1.82) is 0 Å². The molecule has 2 aromatic carbocycles. The lowest BCUT2D eigenvalue weighted by Crippen LogP contribution is -2.55. The van der Waals surface area contributed by atoms with E-state index in [2.05, 4.69) is 31.4 Å². The van der Waals surface area contributed by atoms with Gasteiger partial charge in [-0.25, -0.2) is 8.42 Å².